The van der Waals surface area contributed by atoms with Crippen molar-refractivity contribution < 1.29 is 14.6 Å². The minimum Gasteiger partial charge on any atom is -0.512 e. The number of ether oxygens (including phenoxy) is 1. The first-order valence-corrected chi connectivity index (χ1v) is 7.34. The molecule has 1 aliphatic heterocycles. The van der Waals surface area contributed by atoms with E-state index < -0.39 is 11.6 Å². The first kappa shape index (κ1) is 14.6. The summed E-state index contributed by atoms with van der Waals surface area (Å²) in [5, 5.41) is 9.84. The van der Waals surface area contributed by atoms with Gasteiger partial charge in [-0.25, -0.2) is 4.79 Å². The van der Waals surface area contributed by atoms with Crippen LogP contribution in [0, 0.1) is 0 Å². The minimum absolute atomic E-state index is 0.112. The van der Waals surface area contributed by atoms with Gasteiger partial charge in [0.05, 0.1) is 6.08 Å². The summed E-state index contributed by atoms with van der Waals surface area (Å²) in [6, 6.07) is 9.74. The predicted molar refractivity (Wildman–Crippen MR) is 78.3 cm³/mol. The van der Waals surface area contributed by atoms with E-state index in [4.69, 9.17) is 4.74 Å². The fourth-order valence-electron chi connectivity index (χ4n) is 2.76. The van der Waals surface area contributed by atoms with Gasteiger partial charge in [0.2, 0.25) is 0 Å². The number of benzene rings is 1. The van der Waals surface area contributed by atoms with E-state index >= 15 is 0 Å². The molecule has 0 saturated carbocycles. The molecule has 1 heterocycles. The SMILES string of the molecule is CCCCCC[C@]1(c2ccccc2)CC(O)=CC(=O)O1. The summed E-state index contributed by atoms with van der Waals surface area (Å²) in [5.74, 6) is -0.339. The van der Waals surface area contributed by atoms with Crippen LogP contribution in [-0.4, -0.2) is 11.1 Å². The maximum Gasteiger partial charge on any atom is 0.335 e. The summed E-state index contributed by atoms with van der Waals surface area (Å²) in [7, 11) is 0. The van der Waals surface area contributed by atoms with Crippen LogP contribution in [0.4, 0.5) is 0 Å². The standard InChI is InChI=1S/C17H22O3/c1-2-3-4-8-11-17(14-9-6-5-7-10-14)13-15(18)12-16(19)20-17/h5-7,9-10,12,18H,2-4,8,11,13H2,1H3/t17-/m1/s1. The van der Waals surface area contributed by atoms with E-state index in [0.29, 0.717) is 6.42 Å². The van der Waals surface area contributed by atoms with E-state index in [-0.39, 0.29) is 5.76 Å². The second-order valence-corrected chi connectivity index (χ2v) is 5.40. The van der Waals surface area contributed by atoms with Gasteiger partial charge in [-0.1, -0.05) is 56.5 Å². The van der Waals surface area contributed by atoms with Crippen molar-refractivity contribution in [3.63, 3.8) is 0 Å². The summed E-state index contributed by atoms with van der Waals surface area (Å²) in [4.78, 5) is 11.7. The molecular formula is C17H22O3. The van der Waals surface area contributed by atoms with Gasteiger partial charge < -0.3 is 9.84 Å². The zero-order valence-electron chi connectivity index (χ0n) is 12.0. The molecule has 108 valence electrons. The number of carbonyl (C=O) groups is 1. The Morgan fingerprint density at radius 3 is 2.60 bits per heavy atom. The van der Waals surface area contributed by atoms with E-state index in [2.05, 4.69) is 6.92 Å². The normalized spacial score (nSPS) is 22.2. The summed E-state index contributed by atoms with van der Waals surface area (Å²) in [6.07, 6.45) is 6.75. The van der Waals surface area contributed by atoms with E-state index in [0.717, 1.165) is 24.8 Å². The van der Waals surface area contributed by atoms with E-state index in [9.17, 15) is 9.90 Å². The topological polar surface area (TPSA) is 46.5 Å². The molecule has 0 fully saturated rings. The van der Waals surface area contributed by atoms with Gasteiger partial charge >= 0.3 is 5.97 Å². The van der Waals surface area contributed by atoms with Crippen molar-refractivity contribution in [1.82, 2.24) is 0 Å². The molecule has 20 heavy (non-hydrogen) atoms. The highest BCUT2D eigenvalue weighted by atomic mass is 16.6. The molecule has 0 spiro atoms. The summed E-state index contributed by atoms with van der Waals surface area (Å²) in [6.45, 7) is 2.17. The molecule has 0 amide bonds. The Morgan fingerprint density at radius 2 is 1.95 bits per heavy atom. The highest BCUT2D eigenvalue weighted by Gasteiger charge is 2.39. The van der Waals surface area contributed by atoms with E-state index in [1.54, 1.807) is 0 Å². The zero-order valence-corrected chi connectivity index (χ0v) is 12.0. The highest BCUT2D eigenvalue weighted by Crippen LogP contribution is 2.39. The Hall–Kier alpha value is -1.77. The van der Waals surface area contributed by atoms with Crippen LogP contribution >= 0.6 is 0 Å². The third kappa shape index (κ3) is 3.41. The van der Waals surface area contributed by atoms with Crippen molar-refractivity contribution in [3.8, 4) is 0 Å². The lowest BCUT2D eigenvalue weighted by Crippen LogP contribution is -2.35. The van der Waals surface area contributed by atoms with Crippen LogP contribution in [0.15, 0.2) is 42.2 Å². The van der Waals surface area contributed by atoms with Gasteiger partial charge in [0.25, 0.3) is 0 Å². The predicted octanol–water partition coefficient (Wildman–Crippen LogP) is 4.24. The lowest BCUT2D eigenvalue weighted by molar-refractivity contribution is -0.159. The number of carbonyl (C=O) groups excluding carboxylic acids is 1. The number of cyclic esters (lactones) is 1. The van der Waals surface area contributed by atoms with E-state index in [1.165, 1.54) is 18.9 Å². The largest absolute Gasteiger partial charge is 0.512 e. The average molecular weight is 274 g/mol. The Bertz CT molecular complexity index is 478. The molecule has 1 aromatic carbocycles. The molecule has 1 atom stereocenters. The Kier molecular flexibility index (Phi) is 4.83. The Morgan fingerprint density at radius 1 is 1.20 bits per heavy atom. The number of esters is 1. The fourth-order valence-corrected chi connectivity index (χ4v) is 2.76. The number of aliphatic hydroxyl groups is 1. The first-order valence-electron chi connectivity index (χ1n) is 7.34. The van der Waals surface area contributed by atoms with Crippen molar-refractivity contribution in [1.29, 1.82) is 0 Å². The fraction of sp³-hybridized carbons (Fsp3) is 0.471. The van der Waals surface area contributed by atoms with Gasteiger partial charge in [-0.3, -0.25) is 0 Å². The number of hydrogen-bond donors (Lipinski definition) is 1. The molecule has 3 nitrogen and oxygen atoms in total. The lowest BCUT2D eigenvalue weighted by atomic mass is 9.83. The van der Waals surface area contributed by atoms with Gasteiger partial charge in [-0.2, -0.15) is 0 Å². The molecule has 0 aromatic heterocycles. The first-order chi connectivity index (χ1) is 9.66. The second-order valence-electron chi connectivity index (χ2n) is 5.40. The molecule has 0 bridgehead atoms. The van der Waals surface area contributed by atoms with Gasteiger partial charge in [-0.15, -0.1) is 0 Å². The number of unbranched alkanes of at least 4 members (excludes halogenated alkanes) is 3. The van der Waals surface area contributed by atoms with E-state index in [1.807, 2.05) is 30.3 Å². The van der Waals surface area contributed by atoms with Crippen LogP contribution < -0.4 is 0 Å². The molecule has 1 aromatic rings. The molecule has 0 aliphatic carbocycles. The number of rotatable bonds is 6. The molecule has 3 heteroatoms. The van der Waals surface area contributed by atoms with Gasteiger partial charge in [-0.05, 0) is 18.4 Å². The third-order valence-electron chi connectivity index (χ3n) is 3.78. The molecule has 0 saturated heterocycles. The molecular weight excluding hydrogens is 252 g/mol. The Labute approximate surface area is 120 Å². The van der Waals surface area contributed by atoms with Crippen molar-refractivity contribution >= 4 is 5.97 Å². The zero-order chi connectivity index (χ0) is 14.4. The maximum atomic E-state index is 11.7. The number of hydrogen-bond acceptors (Lipinski definition) is 3. The quantitative estimate of drug-likeness (QED) is 0.623. The molecule has 0 radical (unpaired) electrons. The van der Waals surface area contributed by atoms with Gasteiger partial charge in [0.1, 0.15) is 11.4 Å². The summed E-state index contributed by atoms with van der Waals surface area (Å²) in [5.41, 5.74) is 0.259. The number of aliphatic hydroxyl groups excluding tert-OH is 1. The molecule has 0 unspecified atom stereocenters. The van der Waals surface area contributed by atoms with Crippen LogP contribution in [0.5, 0.6) is 0 Å². The third-order valence-corrected chi connectivity index (χ3v) is 3.78. The summed E-state index contributed by atoms with van der Waals surface area (Å²) >= 11 is 0. The van der Waals surface area contributed by atoms with Gasteiger partial charge in [0.15, 0.2) is 0 Å². The molecule has 1 aliphatic rings. The van der Waals surface area contributed by atoms with Crippen molar-refractivity contribution in [2.45, 2.75) is 51.0 Å². The van der Waals surface area contributed by atoms with Crippen LogP contribution in [0.3, 0.4) is 0 Å². The lowest BCUT2D eigenvalue weighted by Gasteiger charge is -2.36. The van der Waals surface area contributed by atoms with Crippen molar-refractivity contribution in [2.75, 3.05) is 0 Å². The van der Waals surface area contributed by atoms with Crippen molar-refractivity contribution in [3.05, 3.63) is 47.7 Å². The minimum atomic E-state index is -0.703. The smallest absolute Gasteiger partial charge is 0.335 e. The van der Waals surface area contributed by atoms with Crippen LogP contribution in [-0.2, 0) is 15.1 Å². The highest BCUT2D eigenvalue weighted by molar-refractivity contribution is 5.84. The monoisotopic (exact) mass is 274 g/mol. The van der Waals surface area contributed by atoms with Gasteiger partial charge in [0, 0.05) is 6.42 Å². The molecule has 2 rings (SSSR count). The van der Waals surface area contributed by atoms with Crippen molar-refractivity contribution in [2.24, 2.45) is 0 Å². The van der Waals surface area contributed by atoms with Crippen LogP contribution in [0.1, 0.15) is 51.0 Å². The molecule has 1 N–H and O–H groups in total. The van der Waals surface area contributed by atoms with Crippen LogP contribution in [0.2, 0.25) is 0 Å². The summed E-state index contributed by atoms with van der Waals surface area (Å²) < 4.78 is 5.64. The van der Waals surface area contributed by atoms with Crippen LogP contribution in [0.25, 0.3) is 0 Å². The average Bonchev–Trinajstić information content (AvgIpc) is 2.44. The second kappa shape index (κ2) is 6.60. The maximum absolute atomic E-state index is 11.7. The Balaban J connectivity index is 2.20.